The lowest BCUT2D eigenvalue weighted by Gasteiger charge is -2.15. The summed E-state index contributed by atoms with van der Waals surface area (Å²) in [6.07, 6.45) is 1.63. The SMILES string of the molecule is O=C1/C(=C\c2ccc(-c3ccccc3[N+](=O)[O-])o2)SC(=Nc2ccccc2)N1c1ccccc1. The van der Waals surface area contributed by atoms with Crippen molar-refractivity contribution < 1.29 is 14.1 Å². The van der Waals surface area contributed by atoms with Gasteiger partial charge in [0.2, 0.25) is 0 Å². The fourth-order valence-corrected chi connectivity index (χ4v) is 4.49. The number of anilines is 1. The third-order valence-corrected chi connectivity index (χ3v) is 6.04. The average Bonchev–Trinajstić information content (AvgIpc) is 3.45. The Morgan fingerprint density at radius 1 is 0.882 bits per heavy atom. The third kappa shape index (κ3) is 4.26. The van der Waals surface area contributed by atoms with E-state index in [1.807, 2.05) is 60.7 Å². The van der Waals surface area contributed by atoms with E-state index in [1.54, 1.807) is 41.3 Å². The first kappa shape index (κ1) is 21.4. The van der Waals surface area contributed by atoms with Crippen LogP contribution in [0, 0.1) is 10.1 Å². The summed E-state index contributed by atoms with van der Waals surface area (Å²) in [5, 5.41) is 11.9. The number of amidine groups is 1. The lowest BCUT2D eigenvalue weighted by molar-refractivity contribution is -0.384. The van der Waals surface area contributed by atoms with E-state index in [4.69, 9.17) is 4.42 Å². The number of thioether (sulfide) groups is 1. The minimum absolute atomic E-state index is 0.0464. The maximum Gasteiger partial charge on any atom is 0.280 e. The molecule has 1 aromatic heterocycles. The summed E-state index contributed by atoms with van der Waals surface area (Å²) >= 11 is 1.24. The van der Waals surface area contributed by atoms with E-state index >= 15 is 0 Å². The molecule has 0 bridgehead atoms. The summed E-state index contributed by atoms with van der Waals surface area (Å²) in [5.41, 5.74) is 1.77. The monoisotopic (exact) mass is 467 g/mol. The van der Waals surface area contributed by atoms with Gasteiger partial charge in [-0.3, -0.25) is 19.8 Å². The molecule has 4 aromatic rings. The van der Waals surface area contributed by atoms with Crippen LogP contribution in [-0.4, -0.2) is 16.0 Å². The number of benzene rings is 3. The number of hydrogen-bond acceptors (Lipinski definition) is 6. The smallest absolute Gasteiger partial charge is 0.280 e. The third-order valence-electron chi connectivity index (χ3n) is 5.07. The van der Waals surface area contributed by atoms with Crippen molar-refractivity contribution in [3.05, 3.63) is 118 Å². The van der Waals surface area contributed by atoms with Crippen molar-refractivity contribution in [1.29, 1.82) is 0 Å². The van der Waals surface area contributed by atoms with Gasteiger partial charge in [-0.1, -0.05) is 48.5 Å². The Kier molecular flexibility index (Phi) is 5.80. The predicted molar refractivity (Wildman–Crippen MR) is 134 cm³/mol. The maximum atomic E-state index is 13.4. The van der Waals surface area contributed by atoms with Gasteiger partial charge in [0.05, 0.1) is 26.8 Å². The molecule has 0 aliphatic carbocycles. The number of nitrogens with zero attached hydrogens (tertiary/aromatic N) is 3. The number of carbonyl (C=O) groups is 1. The van der Waals surface area contributed by atoms with Crippen LogP contribution >= 0.6 is 11.8 Å². The first-order valence-electron chi connectivity index (χ1n) is 10.4. The van der Waals surface area contributed by atoms with Crippen LogP contribution in [0.1, 0.15) is 5.76 Å². The predicted octanol–water partition coefficient (Wildman–Crippen LogP) is 6.66. The van der Waals surface area contributed by atoms with Crippen molar-refractivity contribution in [2.24, 2.45) is 4.99 Å². The molecular weight excluding hydrogens is 450 g/mol. The zero-order chi connectivity index (χ0) is 23.5. The highest BCUT2D eigenvalue weighted by Crippen LogP contribution is 2.38. The number of para-hydroxylation sites is 3. The number of nitro benzene ring substituents is 1. The number of nitro groups is 1. The van der Waals surface area contributed by atoms with Gasteiger partial charge in [0.25, 0.3) is 11.6 Å². The molecule has 0 saturated carbocycles. The van der Waals surface area contributed by atoms with Crippen LogP contribution in [0.15, 0.2) is 111 Å². The van der Waals surface area contributed by atoms with Gasteiger partial charge >= 0.3 is 0 Å². The van der Waals surface area contributed by atoms with Crippen LogP contribution in [0.2, 0.25) is 0 Å². The second kappa shape index (κ2) is 9.21. The molecule has 0 N–H and O–H groups in total. The molecular formula is C26H17N3O4S. The maximum absolute atomic E-state index is 13.4. The van der Waals surface area contributed by atoms with Gasteiger partial charge in [0.15, 0.2) is 5.17 Å². The Bertz CT molecular complexity index is 1430. The van der Waals surface area contributed by atoms with Gasteiger partial charge in [-0.15, -0.1) is 0 Å². The zero-order valence-electron chi connectivity index (χ0n) is 17.7. The first-order chi connectivity index (χ1) is 16.6. The van der Waals surface area contributed by atoms with E-state index in [0.29, 0.717) is 32.8 Å². The molecule has 7 nitrogen and oxygen atoms in total. The molecule has 3 aromatic carbocycles. The first-order valence-corrected chi connectivity index (χ1v) is 11.2. The summed E-state index contributed by atoms with van der Waals surface area (Å²) < 4.78 is 5.86. The van der Waals surface area contributed by atoms with E-state index in [1.165, 1.54) is 17.8 Å². The molecule has 1 fully saturated rings. The minimum Gasteiger partial charge on any atom is -0.456 e. The fourth-order valence-electron chi connectivity index (χ4n) is 3.51. The molecule has 166 valence electrons. The van der Waals surface area contributed by atoms with Crippen LogP contribution in [0.3, 0.4) is 0 Å². The fraction of sp³-hybridized carbons (Fsp3) is 0. The van der Waals surface area contributed by atoms with Gasteiger partial charge in [0, 0.05) is 12.1 Å². The number of rotatable bonds is 5. The second-order valence-corrected chi connectivity index (χ2v) is 8.30. The van der Waals surface area contributed by atoms with E-state index in [9.17, 15) is 14.9 Å². The van der Waals surface area contributed by atoms with Gasteiger partial charge in [-0.25, -0.2) is 4.99 Å². The van der Waals surface area contributed by atoms with Gasteiger partial charge in [0.1, 0.15) is 11.5 Å². The van der Waals surface area contributed by atoms with Crippen LogP contribution < -0.4 is 4.90 Å². The number of carbonyl (C=O) groups excluding carboxylic acids is 1. The van der Waals surface area contributed by atoms with Crippen LogP contribution in [0.25, 0.3) is 17.4 Å². The van der Waals surface area contributed by atoms with E-state index in [2.05, 4.69) is 4.99 Å². The van der Waals surface area contributed by atoms with Gasteiger partial charge in [-0.05, 0) is 54.2 Å². The number of furan rings is 1. The van der Waals surface area contributed by atoms with Crippen molar-refractivity contribution in [2.45, 2.75) is 0 Å². The molecule has 1 saturated heterocycles. The van der Waals surface area contributed by atoms with Crippen molar-refractivity contribution >= 4 is 46.0 Å². The Morgan fingerprint density at radius 2 is 1.56 bits per heavy atom. The lowest BCUT2D eigenvalue weighted by Crippen LogP contribution is -2.28. The molecule has 1 aliphatic rings. The van der Waals surface area contributed by atoms with Crippen molar-refractivity contribution in [1.82, 2.24) is 0 Å². The molecule has 2 heterocycles. The van der Waals surface area contributed by atoms with E-state index in [-0.39, 0.29) is 11.6 Å². The Hall–Kier alpha value is -4.43. The largest absolute Gasteiger partial charge is 0.456 e. The summed E-state index contributed by atoms with van der Waals surface area (Å²) in [6.45, 7) is 0. The quantitative estimate of drug-likeness (QED) is 0.186. The molecule has 0 spiro atoms. The minimum atomic E-state index is -0.448. The lowest BCUT2D eigenvalue weighted by atomic mass is 10.1. The van der Waals surface area contributed by atoms with Crippen LogP contribution in [0.5, 0.6) is 0 Å². The van der Waals surface area contributed by atoms with Crippen molar-refractivity contribution in [3.8, 4) is 11.3 Å². The summed E-state index contributed by atoms with van der Waals surface area (Å²) in [4.78, 5) is 31.0. The summed E-state index contributed by atoms with van der Waals surface area (Å²) in [6, 6.07) is 28.4. The molecule has 0 radical (unpaired) electrons. The highest BCUT2D eigenvalue weighted by molar-refractivity contribution is 8.19. The normalized spacial score (nSPS) is 15.9. The molecule has 34 heavy (non-hydrogen) atoms. The average molecular weight is 468 g/mol. The highest BCUT2D eigenvalue weighted by Gasteiger charge is 2.35. The van der Waals surface area contributed by atoms with Gasteiger partial charge < -0.3 is 4.42 Å². The van der Waals surface area contributed by atoms with E-state index < -0.39 is 4.92 Å². The Morgan fingerprint density at radius 3 is 2.29 bits per heavy atom. The molecule has 0 unspecified atom stereocenters. The zero-order valence-corrected chi connectivity index (χ0v) is 18.5. The topological polar surface area (TPSA) is 88.9 Å². The van der Waals surface area contributed by atoms with Crippen molar-refractivity contribution in [2.75, 3.05) is 4.90 Å². The Balaban J connectivity index is 1.51. The van der Waals surface area contributed by atoms with Crippen LogP contribution in [-0.2, 0) is 4.79 Å². The Labute approximate surface area is 199 Å². The van der Waals surface area contributed by atoms with E-state index in [0.717, 1.165) is 5.69 Å². The summed E-state index contributed by atoms with van der Waals surface area (Å²) in [7, 11) is 0. The standard InChI is InChI=1S/C26H17N3O4S/c30-25-24(17-20-15-16-23(33-20)21-13-7-8-14-22(21)29(31)32)34-26(27-18-9-3-1-4-10-18)28(25)19-11-5-2-6-12-19/h1-17H/b24-17+,27-26?. The molecule has 1 aliphatic heterocycles. The molecule has 8 heteroatoms. The molecule has 0 atom stereocenters. The number of aliphatic imine (C=N–C) groups is 1. The number of hydrogen-bond donors (Lipinski definition) is 0. The summed E-state index contributed by atoms with van der Waals surface area (Å²) in [5.74, 6) is 0.542. The van der Waals surface area contributed by atoms with Crippen molar-refractivity contribution in [3.63, 3.8) is 0 Å². The molecule has 5 rings (SSSR count). The van der Waals surface area contributed by atoms with Crippen LogP contribution in [0.4, 0.5) is 17.1 Å². The number of amides is 1. The molecule has 1 amide bonds. The second-order valence-electron chi connectivity index (χ2n) is 7.29. The highest BCUT2D eigenvalue weighted by atomic mass is 32.2. The van der Waals surface area contributed by atoms with Gasteiger partial charge in [-0.2, -0.15) is 0 Å².